The third-order valence-corrected chi connectivity index (χ3v) is 4.75. The van der Waals surface area contributed by atoms with Crippen molar-refractivity contribution >= 4 is 52.3 Å². The summed E-state index contributed by atoms with van der Waals surface area (Å²) < 4.78 is 24.1. The molecule has 1 aromatic carbocycles. The van der Waals surface area contributed by atoms with Gasteiger partial charge in [0, 0.05) is 5.75 Å². The lowest BCUT2D eigenvalue weighted by atomic mass is 10.2. The number of halogens is 2. The molecule has 8 nitrogen and oxygen atoms in total. The Bertz CT molecular complexity index is 819. The molecule has 0 radical (unpaired) electrons. The predicted octanol–water partition coefficient (Wildman–Crippen LogP) is 3.68. The van der Waals surface area contributed by atoms with E-state index in [2.05, 4.69) is 5.32 Å². The molecular weight excluding hydrogens is 415 g/mol. The third-order valence-electron chi connectivity index (χ3n) is 3.51. The van der Waals surface area contributed by atoms with Crippen molar-refractivity contribution in [3.63, 3.8) is 0 Å². The van der Waals surface area contributed by atoms with Crippen molar-refractivity contribution in [2.75, 3.05) is 17.7 Å². The Morgan fingerprint density at radius 1 is 1.39 bits per heavy atom. The van der Waals surface area contributed by atoms with Gasteiger partial charge in [0.25, 0.3) is 5.24 Å². The maximum atomic E-state index is 14.2. The van der Waals surface area contributed by atoms with Crippen LogP contribution in [-0.2, 0) is 14.3 Å². The van der Waals surface area contributed by atoms with Gasteiger partial charge in [0.2, 0.25) is 0 Å². The fourth-order valence-corrected chi connectivity index (χ4v) is 3.47. The number of anilines is 1. The lowest BCUT2D eigenvalue weighted by molar-refractivity contribution is -0.146. The molecule has 152 valence electrons. The van der Waals surface area contributed by atoms with E-state index in [0.29, 0.717) is 4.90 Å². The Labute approximate surface area is 169 Å². The Morgan fingerprint density at radius 3 is 2.68 bits per heavy atom. The maximum Gasteiger partial charge on any atom is 0.339 e. The first-order valence-corrected chi connectivity index (χ1v) is 9.65. The van der Waals surface area contributed by atoms with Gasteiger partial charge in [-0.25, -0.2) is 23.7 Å². The van der Waals surface area contributed by atoms with Crippen LogP contribution in [0.5, 0.6) is 0 Å². The molecular formula is C17H18ClFN2O6S. The first-order valence-electron chi connectivity index (χ1n) is 8.29. The van der Waals surface area contributed by atoms with Gasteiger partial charge in [-0.1, -0.05) is 23.4 Å². The highest BCUT2D eigenvalue weighted by Crippen LogP contribution is 2.28. The number of imide groups is 1. The molecule has 2 rings (SSSR count). The molecule has 1 saturated heterocycles. The van der Waals surface area contributed by atoms with Gasteiger partial charge in [0.05, 0.1) is 29.0 Å². The number of carbonyl (C=O) groups is 4. The summed E-state index contributed by atoms with van der Waals surface area (Å²) in [7, 11) is 0. The van der Waals surface area contributed by atoms with Crippen molar-refractivity contribution in [2.24, 2.45) is 0 Å². The summed E-state index contributed by atoms with van der Waals surface area (Å²) in [5.41, 5.74) is -0.548. The molecule has 28 heavy (non-hydrogen) atoms. The number of thioether (sulfide) groups is 1. The highest BCUT2D eigenvalue weighted by molar-refractivity contribution is 8.14. The lowest BCUT2D eigenvalue weighted by Crippen LogP contribution is -2.46. The monoisotopic (exact) mass is 432 g/mol. The van der Waals surface area contributed by atoms with Crippen LogP contribution in [0.1, 0.15) is 31.1 Å². The molecule has 1 N–H and O–H groups in total. The molecule has 1 unspecified atom stereocenters. The van der Waals surface area contributed by atoms with E-state index in [0.717, 1.165) is 23.9 Å². The van der Waals surface area contributed by atoms with E-state index in [1.54, 1.807) is 20.8 Å². The van der Waals surface area contributed by atoms with E-state index in [-0.39, 0.29) is 22.9 Å². The number of nitrogens with zero attached hydrogens (tertiary/aromatic N) is 1. The second-order valence-electron chi connectivity index (χ2n) is 5.91. The molecule has 1 fully saturated rings. The summed E-state index contributed by atoms with van der Waals surface area (Å²) in [6, 6.07) is -0.305. The van der Waals surface area contributed by atoms with Crippen molar-refractivity contribution < 1.29 is 33.0 Å². The number of amides is 3. The van der Waals surface area contributed by atoms with Gasteiger partial charge in [-0.3, -0.25) is 4.79 Å². The van der Waals surface area contributed by atoms with Crippen LogP contribution in [0, 0.1) is 5.82 Å². The molecule has 0 bridgehead atoms. The summed E-state index contributed by atoms with van der Waals surface area (Å²) in [4.78, 5) is 49.2. The van der Waals surface area contributed by atoms with Crippen molar-refractivity contribution in [3.05, 3.63) is 28.5 Å². The molecule has 1 aliphatic rings. The number of nitrogens with one attached hydrogen (secondary N) is 1. The molecule has 1 atom stereocenters. The zero-order chi connectivity index (χ0) is 21.0. The largest absolute Gasteiger partial charge is 0.464 e. The van der Waals surface area contributed by atoms with Crippen LogP contribution in [0.2, 0.25) is 5.02 Å². The van der Waals surface area contributed by atoms with Gasteiger partial charge in [0.15, 0.2) is 0 Å². The van der Waals surface area contributed by atoms with Crippen LogP contribution in [0.4, 0.5) is 19.7 Å². The van der Waals surface area contributed by atoms with Crippen LogP contribution in [0.15, 0.2) is 12.1 Å². The van der Waals surface area contributed by atoms with Gasteiger partial charge in [-0.15, -0.1) is 0 Å². The fourth-order valence-electron chi connectivity index (χ4n) is 2.31. The minimum atomic E-state index is -1.13. The summed E-state index contributed by atoms with van der Waals surface area (Å²) >= 11 is 6.65. The lowest BCUT2D eigenvalue weighted by Gasteiger charge is -2.21. The molecule has 0 saturated carbocycles. The number of ether oxygens (including phenoxy) is 2. The molecule has 0 spiro atoms. The van der Waals surface area contributed by atoms with Crippen LogP contribution in [0.3, 0.4) is 0 Å². The van der Waals surface area contributed by atoms with Crippen molar-refractivity contribution in [1.29, 1.82) is 0 Å². The van der Waals surface area contributed by atoms with E-state index in [1.165, 1.54) is 0 Å². The number of rotatable bonds is 5. The number of hydrogen-bond acceptors (Lipinski definition) is 7. The molecule has 11 heteroatoms. The van der Waals surface area contributed by atoms with E-state index in [1.807, 2.05) is 0 Å². The highest BCUT2D eigenvalue weighted by atomic mass is 35.5. The summed E-state index contributed by atoms with van der Waals surface area (Å²) in [6.07, 6.45) is -0.434. The Morgan fingerprint density at radius 2 is 2.07 bits per heavy atom. The van der Waals surface area contributed by atoms with Crippen LogP contribution in [0.25, 0.3) is 0 Å². The standard InChI is InChI=1S/C17H18ClFN2O6S/c1-4-26-15(23)13-7-28-17(25)21(13)16(24)20-12-5-9(10(18)6-11(12)19)14(22)27-8(2)3/h5-6,8,13H,4,7H2,1-3H3,(H,20,24). The Balaban J connectivity index is 2.26. The van der Waals surface area contributed by atoms with Gasteiger partial charge in [0.1, 0.15) is 11.9 Å². The minimum absolute atomic E-state index is 0.0279. The Hall–Kier alpha value is -2.33. The third kappa shape index (κ3) is 4.93. The van der Waals surface area contributed by atoms with Gasteiger partial charge in [-0.05, 0) is 32.9 Å². The van der Waals surface area contributed by atoms with Crippen molar-refractivity contribution in [3.8, 4) is 0 Å². The van der Waals surface area contributed by atoms with Gasteiger partial charge < -0.3 is 14.8 Å². The topological polar surface area (TPSA) is 102 Å². The number of esters is 2. The number of benzene rings is 1. The normalized spacial score (nSPS) is 16.3. The predicted molar refractivity (Wildman–Crippen MR) is 101 cm³/mol. The fraction of sp³-hybridized carbons (Fsp3) is 0.412. The number of hydrogen-bond donors (Lipinski definition) is 1. The van der Waals surface area contributed by atoms with Gasteiger partial charge in [-0.2, -0.15) is 0 Å². The zero-order valence-corrected chi connectivity index (χ0v) is 16.9. The summed E-state index contributed by atoms with van der Waals surface area (Å²) in [5, 5.41) is 1.32. The number of urea groups is 1. The van der Waals surface area contributed by atoms with Gasteiger partial charge >= 0.3 is 18.0 Å². The minimum Gasteiger partial charge on any atom is -0.464 e. The average molecular weight is 433 g/mol. The second-order valence-corrected chi connectivity index (χ2v) is 7.29. The van der Waals surface area contributed by atoms with Crippen molar-refractivity contribution in [1.82, 2.24) is 4.90 Å². The van der Waals surface area contributed by atoms with Crippen molar-refractivity contribution in [2.45, 2.75) is 32.9 Å². The molecule has 0 aromatic heterocycles. The quantitative estimate of drug-likeness (QED) is 0.708. The van der Waals surface area contributed by atoms with Crippen LogP contribution >= 0.6 is 23.4 Å². The average Bonchev–Trinajstić information content (AvgIpc) is 2.98. The Kier molecular flexibility index (Phi) is 7.25. The first kappa shape index (κ1) is 22.0. The molecule has 1 heterocycles. The number of carbonyl (C=O) groups excluding carboxylic acids is 4. The summed E-state index contributed by atoms with van der Waals surface area (Å²) in [5.74, 6) is -2.44. The van der Waals surface area contributed by atoms with E-state index in [4.69, 9.17) is 21.1 Å². The first-order chi connectivity index (χ1) is 13.1. The molecule has 1 aliphatic heterocycles. The van der Waals surface area contributed by atoms with E-state index in [9.17, 15) is 23.6 Å². The summed E-state index contributed by atoms with van der Waals surface area (Å²) in [6.45, 7) is 4.93. The highest BCUT2D eigenvalue weighted by Gasteiger charge is 2.42. The smallest absolute Gasteiger partial charge is 0.339 e. The van der Waals surface area contributed by atoms with Crippen LogP contribution < -0.4 is 5.32 Å². The molecule has 1 aromatic rings. The SMILES string of the molecule is CCOC(=O)C1CSC(=O)N1C(=O)Nc1cc(C(=O)OC(C)C)c(Cl)cc1F. The zero-order valence-electron chi connectivity index (χ0n) is 15.3. The molecule has 3 amide bonds. The van der Waals surface area contributed by atoms with E-state index >= 15 is 0 Å². The maximum absolute atomic E-state index is 14.2. The van der Waals surface area contributed by atoms with E-state index < -0.39 is 46.9 Å². The second kappa shape index (κ2) is 9.24. The van der Waals surface area contributed by atoms with Crippen LogP contribution in [-0.4, -0.2) is 52.6 Å². The molecule has 0 aliphatic carbocycles.